The summed E-state index contributed by atoms with van der Waals surface area (Å²) in [6.07, 6.45) is 9.85. The number of ether oxygens (including phenoxy) is 3. The molecule has 12 aromatic rings. The third-order valence-corrected chi connectivity index (χ3v) is 28.7. The van der Waals surface area contributed by atoms with Gasteiger partial charge in [0.05, 0.1) is 72.3 Å². The number of carbonyl (C=O) groups excluding carboxylic acids is 4. The number of carbonyl (C=O) groups is 4. The molecule has 6 aliphatic rings. The lowest BCUT2D eigenvalue weighted by atomic mass is 9.84. The summed E-state index contributed by atoms with van der Waals surface area (Å²) in [4.78, 5) is 65.8. The van der Waals surface area contributed by atoms with Gasteiger partial charge in [-0.15, -0.1) is 0 Å². The molecule has 0 unspecified atom stereocenters. The highest BCUT2D eigenvalue weighted by Crippen LogP contribution is 2.49. The first-order chi connectivity index (χ1) is 60.3. The van der Waals surface area contributed by atoms with Crippen molar-refractivity contribution in [2.75, 3.05) is 79.3 Å². The van der Waals surface area contributed by atoms with Crippen molar-refractivity contribution in [2.24, 2.45) is 15.0 Å². The Balaban J connectivity index is 0.000000139. The number of hydrogen-bond acceptors (Lipinski definition) is 14. The summed E-state index contributed by atoms with van der Waals surface area (Å²) in [5.41, 5.74) is 21.5. The molecule has 3 N–H and O–H groups in total. The Morgan fingerprint density at radius 2 is 0.857 bits per heavy atom. The highest BCUT2D eigenvalue weighted by molar-refractivity contribution is 7.92. The van der Waals surface area contributed by atoms with Crippen LogP contribution >= 0.6 is 0 Å². The molecule has 2 saturated carbocycles. The largest absolute Gasteiger partial charge is 0.384 e. The number of urea groups is 1. The molecule has 3 fully saturated rings. The fraction of sp³-hybridized carbons (Fsp3) is 0.330. The number of Topliss-reactive ketones (excluding diaryl/α,β-unsaturated/α-hetero) is 1. The number of methoxy groups -OCH3 is 3. The van der Waals surface area contributed by atoms with Gasteiger partial charge in [0.1, 0.15) is 27.3 Å². The zero-order valence-corrected chi connectivity index (χ0v) is 74.0. The molecule has 0 spiro atoms. The number of nitrogens with one attached hydrogen (secondary N) is 3. The van der Waals surface area contributed by atoms with Gasteiger partial charge in [0, 0.05) is 185 Å². The zero-order chi connectivity index (χ0) is 88.9. The molecule has 7 heterocycles. The highest BCUT2D eigenvalue weighted by Gasteiger charge is 2.40. The summed E-state index contributed by atoms with van der Waals surface area (Å²) in [5.74, 6) is -1.30. The molecule has 26 heteroatoms. The van der Waals surface area contributed by atoms with Crippen LogP contribution in [0.2, 0.25) is 0 Å². The van der Waals surface area contributed by atoms with E-state index in [9.17, 15) is 49.2 Å². The maximum Gasteiger partial charge on any atom is 0.317 e. The van der Waals surface area contributed by atoms with Crippen LogP contribution in [0.1, 0.15) is 162 Å². The van der Waals surface area contributed by atoms with E-state index in [1.54, 1.807) is 62.6 Å². The van der Waals surface area contributed by atoms with E-state index >= 15 is 0 Å². The van der Waals surface area contributed by atoms with Gasteiger partial charge < -0.3 is 48.8 Å². The van der Waals surface area contributed by atoms with E-state index in [4.69, 9.17) is 14.2 Å². The van der Waals surface area contributed by atoms with Crippen LogP contribution in [-0.2, 0) is 69.8 Å². The summed E-state index contributed by atoms with van der Waals surface area (Å²) >= 11 is 0. The number of ketones is 1. The molecule has 21 nitrogen and oxygen atoms in total. The van der Waals surface area contributed by atoms with E-state index < -0.39 is 35.9 Å². The molecule has 9 aromatic carbocycles. The van der Waals surface area contributed by atoms with Crippen molar-refractivity contribution < 1.29 is 63.4 Å². The van der Waals surface area contributed by atoms with Gasteiger partial charge in [0.2, 0.25) is 0 Å². The van der Waals surface area contributed by atoms with Crippen LogP contribution < -0.4 is 16.0 Å². The number of rotatable bonds is 28. The fourth-order valence-electron chi connectivity index (χ4n) is 18.3. The molecule has 4 aliphatic heterocycles. The Morgan fingerprint density at radius 1 is 0.492 bits per heavy atom. The Bertz CT molecular complexity index is 6570. The van der Waals surface area contributed by atoms with Crippen LogP contribution in [0.25, 0.3) is 83.2 Å². The summed E-state index contributed by atoms with van der Waals surface area (Å²) in [6.45, 7) is 18.2. The summed E-state index contributed by atoms with van der Waals surface area (Å²) in [6, 6.07) is 55.1. The number of halogens is 3. The Kier molecular flexibility index (Phi) is 24.6. The second-order valence-electron chi connectivity index (χ2n) is 35.6. The van der Waals surface area contributed by atoms with Crippen molar-refractivity contribution in [1.29, 1.82) is 0 Å². The fourth-order valence-corrected chi connectivity index (χ4v) is 21.2. The van der Waals surface area contributed by atoms with Gasteiger partial charge in [0.15, 0.2) is 15.6 Å². The first-order valence-corrected chi connectivity index (χ1v) is 46.2. The number of amides is 4. The molecule has 652 valence electrons. The van der Waals surface area contributed by atoms with E-state index in [0.29, 0.717) is 102 Å². The van der Waals surface area contributed by atoms with E-state index in [-0.39, 0.29) is 69.8 Å². The monoisotopic (exact) mass is 1740 g/mol. The van der Waals surface area contributed by atoms with Crippen LogP contribution in [0, 0.1) is 17.5 Å². The van der Waals surface area contributed by atoms with Gasteiger partial charge in [-0.05, 0) is 216 Å². The Labute approximate surface area is 732 Å². The first kappa shape index (κ1) is 87.5. The summed E-state index contributed by atoms with van der Waals surface area (Å²) < 4.78 is 114. The van der Waals surface area contributed by atoms with Crippen molar-refractivity contribution in [3.05, 3.63) is 267 Å². The molecule has 18 rings (SSSR count). The number of aromatic nitrogens is 3. The molecule has 0 atom stereocenters. The molecule has 126 heavy (non-hydrogen) atoms. The van der Waals surface area contributed by atoms with Crippen molar-refractivity contribution in [2.45, 2.75) is 132 Å². The van der Waals surface area contributed by atoms with E-state index in [1.165, 1.54) is 42.7 Å². The lowest BCUT2D eigenvalue weighted by Crippen LogP contribution is -2.49. The zero-order valence-electron chi connectivity index (χ0n) is 72.4. The molecule has 3 aromatic heterocycles. The molecular weight excluding hydrogens is 1640 g/mol. The number of sulfone groups is 2. The molecular formula is C100H103F3N10O11S2. The Morgan fingerprint density at radius 3 is 1.20 bits per heavy atom. The van der Waals surface area contributed by atoms with Crippen LogP contribution in [-0.4, -0.2) is 174 Å². The van der Waals surface area contributed by atoms with Gasteiger partial charge in [-0.25, -0.2) is 34.8 Å². The van der Waals surface area contributed by atoms with Gasteiger partial charge in [0.25, 0.3) is 11.8 Å². The molecule has 4 amide bonds. The smallest absolute Gasteiger partial charge is 0.317 e. The van der Waals surface area contributed by atoms with Crippen molar-refractivity contribution >= 4 is 94.7 Å². The normalized spacial score (nSPS) is 15.9. The highest BCUT2D eigenvalue weighted by atomic mass is 32.2. The van der Waals surface area contributed by atoms with Crippen LogP contribution in [0.15, 0.2) is 197 Å². The lowest BCUT2D eigenvalue weighted by Gasteiger charge is -2.34. The third kappa shape index (κ3) is 17.9. The summed E-state index contributed by atoms with van der Waals surface area (Å²) in [7, 11) is -1.09. The third-order valence-electron chi connectivity index (χ3n) is 24.7. The standard InChI is InChI=1S/C34H35FN2O4S.C33H34FN5O3.C33H34FN3O4S/c1-34(2,21-41-3)33-32(23-8-6-22(7-9-23)31(38)5-4-16-42(39,40)28-14-15-28)29-17-24-19-36-20-25(24)18-30(29)37(33)27-12-10-26(35)11-13-27;1-33(2,20-42-3)30-29(21-4-6-22(7-5-21)31(40)36-12-14-38-15-13-37-32(38)41)27-16-23-18-35-19-24(23)17-28(27)39(30)26-10-8-25(34)9-11-26;1-33(2,19-41-3)31-30(20-5-7-21(8-6-20)32(38)36-25-15-27(16-25)42(4,39)40)28-13-22-17-35-18-23(22)14-29(28)37(31)26-11-9-24(34)10-12-26/h6-13,17-18,20,28H,4-5,14-16,19,21H2,1-3H3;4-11,16-17,19H,12-15,18,20H2,1-3H3,(H,36,40)(H,37,41);5-14,18,25,27H,15-17,19H2,1-4H3,(H,36,38). The second-order valence-corrected chi connectivity index (χ2v) is 40.3. The van der Waals surface area contributed by atoms with Crippen LogP contribution in [0.5, 0.6) is 0 Å². The molecule has 1 saturated heterocycles. The topological polar surface area (TPSA) is 255 Å². The first-order valence-electron chi connectivity index (χ1n) is 42.6. The van der Waals surface area contributed by atoms with E-state index in [2.05, 4.69) is 123 Å². The van der Waals surface area contributed by atoms with Crippen molar-refractivity contribution in [1.82, 2.24) is 34.6 Å². The van der Waals surface area contributed by atoms with Gasteiger partial charge in [-0.3, -0.25) is 29.4 Å². The molecule has 2 aliphatic carbocycles. The Hall–Kier alpha value is -11.9. The number of benzene rings is 9. The van der Waals surface area contributed by atoms with Gasteiger partial charge in [-0.2, -0.15) is 0 Å². The maximum absolute atomic E-state index is 14.0. The molecule has 0 bridgehead atoms. The quantitative estimate of drug-likeness (QED) is 0.0389. The SMILES string of the molecule is COCC(C)(C)c1c(-c2ccc(C(=O)CCCS(=O)(=O)C3CC3)cc2)c2cc3c(cc2n1-c1ccc(F)cc1)C=NC3.COCC(C)(C)c1c(-c2ccc(C(=O)NC3CC(S(C)(=O)=O)C3)cc2)c2cc3c(cc2n1-c1ccc(F)cc1)C=NC3.COCC(C)(C)c1c(-c2ccc(C(=O)NCCN3CCNC3=O)cc2)c2cc3c(cc2n1-c1ccc(F)cc1)C=NC3. The average molecular weight is 1740 g/mol. The number of hydrogen-bond donors (Lipinski definition) is 3. The van der Waals surface area contributed by atoms with E-state index in [1.807, 2.05) is 91.4 Å². The second kappa shape index (κ2) is 35.5. The minimum absolute atomic E-state index is 0.0591. The van der Waals surface area contributed by atoms with Gasteiger partial charge in [-0.1, -0.05) is 90.1 Å². The predicted octanol–water partition coefficient (Wildman–Crippen LogP) is 17.5. The number of nitrogens with zero attached hydrogens (tertiary/aromatic N) is 7. The minimum atomic E-state index is -3.09. The van der Waals surface area contributed by atoms with Gasteiger partial charge >= 0.3 is 6.03 Å². The van der Waals surface area contributed by atoms with E-state index in [0.717, 1.165) is 146 Å². The summed E-state index contributed by atoms with van der Waals surface area (Å²) in [5, 5.41) is 11.2. The lowest BCUT2D eigenvalue weighted by molar-refractivity contribution is 0.0915. The van der Waals surface area contributed by atoms with Crippen molar-refractivity contribution in [3.8, 4) is 50.4 Å². The minimum Gasteiger partial charge on any atom is -0.384 e. The van der Waals surface area contributed by atoms with Crippen molar-refractivity contribution in [3.63, 3.8) is 0 Å². The van der Waals surface area contributed by atoms with Crippen LogP contribution in [0.4, 0.5) is 18.0 Å². The number of aliphatic imine (C=N–C) groups is 3. The predicted molar refractivity (Wildman–Crippen MR) is 491 cm³/mol. The van der Waals surface area contributed by atoms with Crippen LogP contribution in [0.3, 0.4) is 0 Å². The molecule has 0 radical (unpaired) electrons. The number of fused-ring (bicyclic) bond motifs is 6. The average Bonchev–Trinajstić information content (AvgIpc) is 1.57. The maximum atomic E-state index is 14.0.